The minimum absolute atomic E-state index is 0.0695. The van der Waals surface area contributed by atoms with Crippen LogP contribution in [0.5, 0.6) is 0 Å². The van der Waals surface area contributed by atoms with E-state index in [1.54, 1.807) is 6.08 Å². The number of alkyl carbamates (subject to hydrolysis) is 1. The molecule has 0 aliphatic rings. The van der Waals surface area contributed by atoms with Gasteiger partial charge in [0.25, 0.3) is 0 Å². The van der Waals surface area contributed by atoms with Crippen LogP contribution in [0.2, 0.25) is 13.1 Å². The molecule has 0 saturated carbocycles. The van der Waals surface area contributed by atoms with E-state index < -0.39 is 44.5 Å². The molecule has 0 radical (unpaired) electrons. The molecule has 0 aliphatic carbocycles. The van der Waals surface area contributed by atoms with Crippen LogP contribution < -0.4 is 10.6 Å². The van der Waals surface area contributed by atoms with Crippen molar-refractivity contribution in [3.63, 3.8) is 0 Å². The van der Waals surface area contributed by atoms with Crippen molar-refractivity contribution in [1.29, 1.82) is 0 Å². The van der Waals surface area contributed by atoms with Gasteiger partial charge in [-0.05, 0) is 54.1 Å². The van der Waals surface area contributed by atoms with Crippen LogP contribution in [-0.2, 0) is 38.2 Å². The van der Waals surface area contributed by atoms with Gasteiger partial charge in [-0.1, -0.05) is 112 Å². The Morgan fingerprint density at radius 2 is 1.36 bits per heavy atom. The summed E-state index contributed by atoms with van der Waals surface area (Å²) in [5, 5.41) is 15.9. The fourth-order valence-electron chi connectivity index (χ4n) is 5.11. The number of carboxylic acids is 1. The SMILES string of the molecule is C[SiH](C)OC(=C[C@@H]([C@H](CCc1ccccc1)NC(=O)[C@H](Cc1ccccc1)NC(=O)OCc1ccccc1)C(C)(C)C)C(=O)O. The zero-order valence-electron chi connectivity index (χ0n) is 26.9. The number of nitrogens with one attached hydrogen (secondary N) is 2. The van der Waals surface area contributed by atoms with E-state index >= 15 is 0 Å². The average molecular weight is 631 g/mol. The van der Waals surface area contributed by atoms with Gasteiger partial charge < -0.3 is 24.9 Å². The third-order valence-corrected chi connectivity index (χ3v) is 8.08. The molecular weight excluding hydrogens is 584 g/mol. The zero-order valence-corrected chi connectivity index (χ0v) is 28.0. The molecule has 8 nitrogen and oxygen atoms in total. The number of ether oxygens (including phenoxy) is 1. The first-order valence-corrected chi connectivity index (χ1v) is 18.2. The van der Waals surface area contributed by atoms with Crippen molar-refractivity contribution in [1.82, 2.24) is 10.6 Å². The molecule has 2 amide bonds. The normalized spacial score (nSPS) is 13.8. The van der Waals surface area contributed by atoms with Gasteiger partial charge in [-0.25, -0.2) is 9.59 Å². The van der Waals surface area contributed by atoms with Crippen LogP contribution in [0, 0.1) is 11.3 Å². The van der Waals surface area contributed by atoms with Crippen molar-refractivity contribution in [2.45, 2.75) is 71.8 Å². The van der Waals surface area contributed by atoms with Gasteiger partial charge in [0.2, 0.25) is 14.9 Å². The summed E-state index contributed by atoms with van der Waals surface area (Å²) in [6.45, 7) is 9.94. The molecule has 0 aromatic heterocycles. The van der Waals surface area contributed by atoms with E-state index in [2.05, 4.69) is 10.6 Å². The molecule has 9 heteroatoms. The van der Waals surface area contributed by atoms with Crippen LogP contribution in [0.25, 0.3) is 0 Å². The second kappa shape index (κ2) is 17.2. The molecule has 0 heterocycles. The molecule has 45 heavy (non-hydrogen) atoms. The van der Waals surface area contributed by atoms with E-state index in [1.165, 1.54) is 0 Å². The lowest BCUT2D eigenvalue weighted by atomic mass is 9.74. The number of carbonyl (C=O) groups is 3. The summed E-state index contributed by atoms with van der Waals surface area (Å²) in [6.07, 6.45) is 2.39. The minimum Gasteiger partial charge on any atom is -0.542 e. The lowest BCUT2D eigenvalue weighted by molar-refractivity contribution is -0.135. The summed E-state index contributed by atoms with van der Waals surface area (Å²) < 4.78 is 11.3. The number of hydrogen-bond acceptors (Lipinski definition) is 5. The van der Waals surface area contributed by atoms with Gasteiger partial charge in [0.05, 0.1) is 0 Å². The van der Waals surface area contributed by atoms with Gasteiger partial charge in [-0.2, -0.15) is 0 Å². The standard InChI is InChI=1S/C36H46N2O6Si/c1-36(2,3)29(24-32(34(40)41)44-45(4)5)30(22-21-26-15-9-6-10-16-26)37-33(39)31(23-27-17-11-7-12-18-27)38-35(42)43-25-28-19-13-8-14-20-28/h6-20,24,29-31,45H,21-23,25H2,1-5H3,(H,37,39)(H,38,42)(H,40,41)/t29-,30-,31-/m0/s1. The molecule has 0 unspecified atom stereocenters. The van der Waals surface area contributed by atoms with E-state index in [0.717, 1.165) is 16.7 Å². The van der Waals surface area contributed by atoms with Gasteiger partial charge in [-0.15, -0.1) is 0 Å². The third-order valence-electron chi connectivity index (χ3n) is 7.36. The number of amides is 2. The number of carbonyl (C=O) groups excluding carboxylic acids is 2. The Morgan fingerprint density at radius 1 is 0.822 bits per heavy atom. The fraction of sp³-hybridized carbons (Fsp3) is 0.361. The van der Waals surface area contributed by atoms with Gasteiger partial charge in [0, 0.05) is 18.4 Å². The number of hydrogen-bond donors (Lipinski definition) is 3. The van der Waals surface area contributed by atoms with Crippen LogP contribution in [0.4, 0.5) is 4.79 Å². The highest BCUT2D eigenvalue weighted by Gasteiger charge is 2.35. The topological polar surface area (TPSA) is 114 Å². The van der Waals surface area contributed by atoms with Crippen LogP contribution in [0.3, 0.4) is 0 Å². The lowest BCUT2D eigenvalue weighted by Gasteiger charge is -2.37. The first-order chi connectivity index (χ1) is 21.4. The smallest absolute Gasteiger partial charge is 0.408 e. The Kier molecular flexibility index (Phi) is 13.4. The summed E-state index contributed by atoms with van der Waals surface area (Å²) in [5.41, 5.74) is 2.37. The Labute approximate surface area is 268 Å². The minimum atomic E-state index is -1.72. The van der Waals surface area contributed by atoms with Crippen LogP contribution >= 0.6 is 0 Å². The van der Waals surface area contributed by atoms with Crippen molar-refractivity contribution in [3.8, 4) is 0 Å². The van der Waals surface area contributed by atoms with E-state index in [1.807, 2.05) is 125 Å². The molecule has 0 spiro atoms. The first-order valence-electron chi connectivity index (χ1n) is 15.4. The Morgan fingerprint density at radius 3 is 1.87 bits per heavy atom. The molecule has 3 aromatic rings. The maximum absolute atomic E-state index is 14.1. The van der Waals surface area contributed by atoms with Gasteiger partial charge in [0.15, 0.2) is 5.76 Å². The average Bonchev–Trinajstić information content (AvgIpc) is 3.00. The molecule has 0 aliphatic heterocycles. The van der Waals surface area contributed by atoms with E-state index in [9.17, 15) is 19.5 Å². The number of aliphatic carboxylic acids is 1. The molecule has 0 saturated heterocycles. The van der Waals surface area contributed by atoms with Gasteiger partial charge >= 0.3 is 12.1 Å². The monoisotopic (exact) mass is 630 g/mol. The van der Waals surface area contributed by atoms with Crippen molar-refractivity contribution in [2.75, 3.05) is 0 Å². The number of rotatable bonds is 15. The summed E-state index contributed by atoms with van der Waals surface area (Å²) >= 11 is 0. The Balaban J connectivity index is 1.92. The van der Waals surface area contributed by atoms with Crippen molar-refractivity contribution >= 4 is 27.0 Å². The number of benzene rings is 3. The molecule has 3 aromatic carbocycles. The van der Waals surface area contributed by atoms with E-state index in [0.29, 0.717) is 12.8 Å². The Hall–Kier alpha value is -4.37. The molecule has 3 N–H and O–H groups in total. The molecule has 0 bridgehead atoms. The summed E-state index contributed by atoms with van der Waals surface area (Å²) in [4.78, 5) is 39.2. The number of carboxylic acid groups (broad SMARTS) is 1. The van der Waals surface area contributed by atoms with E-state index in [-0.39, 0.29) is 24.7 Å². The van der Waals surface area contributed by atoms with Crippen LogP contribution in [0.1, 0.15) is 43.9 Å². The van der Waals surface area contributed by atoms with E-state index in [4.69, 9.17) is 9.16 Å². The fourth-order valence-corrected chi connectivity index (χ4v) is 5.79. The highest BCUT2D eigenvalue weighted by molar-refractivity contribution is 6.49. The second-order valence-corrected chi connectivity index (χ2v) is 14.8. The maximum Gasteiger partial charge on any atom is 0.408 e. The van der Waals surface area contributed by atoms with Gasteiger partial charge in [0.1, 0.15) is 12.6 Å². The first kappa shape index (κ1) is 35.1. The zero-order chi connectivity index (χ0) is 32.8. The molecule has 3 atom stereocenters. The molecule has 0 fully saturated rings. The molecular formula is C36H46N2O6Si. The lowest BCUT2D eigenvalue weighted by Crippen LogP contribution is -2.53. The van der Waals surface area contributed by atoms with Crippen molar-refractivity contribution < 1.29 is 28.7 Å². The summed E-state index contributed by atoms with van der Waals surface area (Å²) in [5.74, 6) is -2.01. The van der Waals surface area contributed by atoms with Crippen molar-refractivity contribution in [2.24, 2.45) is 11.3 Å². The molecule has 3 rings (SSSR count). The van der Waals surface area contributed by atoms with Gasteiger partial charge in [-0.3, -0.25) is 4.79 Å². The molecule has 240 valence electrons. The summed E-state index contributed by atoms with van der Waals surface area (Å²) in [7, 11) is -1.72. The van der Waals surface area contributed by atoms with Crippen LogP contribution in [0.15, 0.2) is 103 Å². The summed E-state index contributed by atoms with van der Waals surface area (Å²) in [6, 6.07) is 27.3. The Bertz CT molecular complexity index is 1390. The third kappa shape index (κ3) is 12.3. The quantitative estimate of drug-likeness (QED) is 0.104. The predicted molar refractivity (Wildman–Crippen MR) is 179 cm³/mol. The maximum atomic E-state index is 14.1. The highest BCUT2D eigenvalue weighted by Crippen LogP contribution is 2.33. The van der Waals surface area contributed by atoms with Crippen LogP contribution in [-0.4, -0.2) is 44.2 Å². The number of aryl methyl sites for hydroxylation is 1. The van der Waals surface area contributed by atoms with Crippen molar-refractivity contribution in [3.05, 3.63) is 120 Å². The largest absolute Gasteiger partial charge is 0.542 e. The second-order valence-electron chi connectivity index (χ2n) is 12.5. The highest BCUT2D eigenvalue weighted by atomic mass is 28.3. The predicted octanol–water partition coefficient (Wildman–Crippen LogP) is 6.27.